The summed E-state index contributed by atoms with van der Waals surface area (Å²) in [6.07, 6.45) is -2.98. The van der Waals surface area contributed by atoms with Crippen LogP contribution in [0.25, 0.3) is 10.9 Å². The van der Waals surface area contributed by atoms with E-state index in [1.54, 1.807) is 38.3 Å². The lowest BCUT2D eigenvalue weighted by Gasteiger charge is -2.49. The quantitative estimate of drug-likeness (QED) is 0.0786. The Morgan fingerprint density at radius 3 is 2.20 bits per heavy atom. The molecule has 0 amide bonds. The van der Waals surface area contributed by atoms with Gasteiger partial charge in [-0.05, 0) is 145 Å². The molecule has 3 fully saturated rings. The molecule has 3 aliphatic heterocycles. The Kier molecular flexibility index (Phi) is 24.6. The van der Waals surface area contributed by atoms with Crippen LogP contribution in [-0.2, 0) is 65.2 Å². The average molecular weight is 1130 g/mol. The molecule has 18 atom stereocenters. The van der Waals surface area contributed by atoms with Crippen LogP contribution in [-0.4, -0.2) is 198 Å². The zero-order valence-electron chi connectivity index (χ0n) is 50.8. The highest BCUT2D eigenvalue weighted by molar-refractivity contribution is 5.92. The van der Waals surface area contributed by atoms with Crippen molar-refractivity contribution in [3.8, 4) is 0 Å². The summed E-state index contributed by atoms with van der Waals surface area (Å²) in [5.74, 6) is -4.31. The Labute approximate surface area is 475 Å². The van der Waals surface area contributed by atoms with Gasteiger partial charge in [-0.3, -0.25) is 14.4 Å². The maximum atomic E-state index is 14.7. The fourth-order valence-corrected chi connectivity index (χ4v) is 12.7. The van der Waals surface area contributed by atoms with E-state index in [1.807, 2.05) is 86.6 Å². The molecule has 4 N–H and O–H groups in total. The number of aliphatic hydroxyl groups is 3. The minimum Gasteiger partial charge on any atom is -0.477 e. The molecule has 0 spiro atoms. The summed E-state index contributed by atoms with van der Waals surface area (Å²) in [7, 11) is 8.77. The van der Waals surface area contributed by atoms with Gasteiger partial charge in [0, 0.05) is 82.9 Å². The molecule has 3 saturated heterocycles. The third-order valence-electron chi connectivity index (χ3n) is 17.3. The Bertz CT molecular complexity index is 2380. The number of methoxy groups -OCH3 is 2. The second-order valence-electron chi connectivity index (χ2n) is 24.2. The molecule has 2 aromatic rings. The molecule has 1 aromatic carbocycles. The summed E-state index contributed by atoms with van der Waals surface area (Å²) in [6.45, 7) is 22.1. The first-order valence-electron chi connectivity index (χ1n) is 29.1. The lowest BCUT2D eigenvalue weighted by molar-refractivity contribution is -0.318. The molecule has 0 bridgehead atoms. The maximum Gasteiger partial charge on any atom is 0.341 e. The Hall–Kier alpha value is -3.64. The van der Waals surface area contributed by atoms with Gasteiger partial charge < -0.3 is 77.4 Å². The van der Waals surface area contributed by atoms with Gasteiger partial charge in [-0.15, -0.1) is 0 Å². The van der Waals surface area contributed by atoms with Gasteiger partial charge in [-0.25, -0.2) is 4.79 Å². The molecule has 0 saturated carbocycles. The number of nitrogens with zero attached hydrogens (tertiary/aromatic N) is 3. The molecule has 0 aliphatic carbocycles. The predicted octanol–water partition coefficient (Wildman–Crippen LogP) is 6.35. The number of carbonyl (C=O) groups excluding carboxylic acids is 2. The molecule has 80 heavy (non-hydrogen) atoms. The van der Waals surface area contributed by atoms with Crippen molar-refractivity contribution in [1.29, 1.82) is 0 Å². The molecule has 4 heterocycles. The SMILES string of the molecule is CC[C@H]1OC(=O)[C@H](C)[C@@H](O[C@H]2C[C@@](C)(OC)[C@@H](OC(=O)CCCCCOCCCc3ccc4c(c3)c(=O)c(C(=O)O)cn4CC)[C@H](C)O2)[C@H](C)[C@@H](O[C@@H]2O[C@H](C)C[C@H](N(C)C)[C@H]2O)[C@](C)(O)C[C@@H](C)CN(C)[C@H](C)[C@@H](OC)[C@]1(C)O. The number of cyclic esters (lactones) is 1. The monoisotopic (exact) mass is 1130 g/mol. The number of rotatable bonds is 21. The first kappa shape index (κ1) is 67.2. The van der Waals surface area contributed by atoms with Gasteiger partial charge in [-0.1, -0.05) is 33.3 Å². The van der Waals surface area contributed by atoms with E-state index in [9.17, 15) is 39.6 Å². The van der Waals surface area contributed by atoms with E-state index in [2.05, 4.69) is 4.90 Å². The van der Waals surface area contributed by atoms with Crippen molar-refractivity contribution >= 4 is 28.8 Å². The van der Waals surface area contributed by atoms with E-state index in [4.69, 9.17) is 42.6 Å². The van der Waals surface area contributed by atoms with Crippen LogP contribution < -0.4 is 5.43 Å². The normalized spacial score (nSPS) is 36.3. The van der Waals surface area contributed by atoms with E-state index in [-0.39, 0.29) is 55.4 Å². The first-order valence-corrected chi connectivity index (χ1v) is 29.1. The third kappa shape index (κ3) is 16.4. The number of hydrogen-bond acceptors (Lipinski definition) is 18. The molecule has 20 heteroatoms. The number of aliphatic hydroxyl groups excluding tert-OH is 1. The van der Waals surface area contributed by atoms with Crippen LogP contribution in [0.3, 0.4) is 0 Å². The Morgan fingerprint density at radius 2 is 1.57 bits per heavy atom. The van der Waals surface area contributed by atoms with Crippen molar-refractivity contribution in [3.05, 3.63) is 45.7 Å². The number of aromatic carboxylic acids is 1. The van der Waals surface area contributed by atoms with Crippen molar-refractivity contribution in [3.63, 3.8) is 0 Å². The Balaban J connectivity index is 1.27. The number of esters is 2. The number of fused-ring (bicyclic) bond motifs is 1. The van der Waals surface area contributed by atoms with Crippen molar-refractivity contribution < 1.29 is 77.4 Å². The molecule has 0 radical (unpaired) electrons. The van der Waals surface area contributed by atoms with Crippen LogP contribution in [0.15, 0.2) is 29.2 Å². The standard InChI is InChI=1S/C60H99N3O17/c1-17-46-60(11,71)53(72-15)39(7)62(14)33-35(3)31-58(9,70)52(80-57-50(66)45(61(12)13)29-36(4)75-57)37(5)51(38(6)56(69)77-46)79-48-32-59(10,73-16)54(40(8)76-48)78-47(64)24-20-19-21-27-74-28-22-23-41-25-26-44-42(30-41)49(65)43(55(67)68)34-63(44)18-2/h25-26,30,34-40,45-46,48,50-54,57,66,70-71H,17-24,27-29,31-33H2,1-16H3,(H,67,68)/t35-,36-,37+,38-,39-,40+,45+,46-,48+,50-,51+,52-,53-,54+,57+,58-,59-,60-/m1/s1. The van der Waals surface area contributed by atoms with Crippen LogP contribution in [0, 0.1) is 17.8 Å². The highest BCUT2D eigenvalue weighted by Gasteiger charge is 2.54. The van der Waals surface area contributed by atoms with E-state index in [0.29, 0.717) is 62.9 Å². The van der Waals surface area contributed by atoms with Crippen LogP contribution >= 0.6 is 0 Å². The molecule has 1 aromatic heterocycles. The van der Waals surface area contributed by atoms with Crippen molar-refractivity contribution in [1.82, 2.24) is 14.4 Å². The molecule has 456 valence electrons. The van der Waals surface area contributed by atoms with Gasteiger partial charge in [0.2, 0.25) is 5.43 Å². The topological polar surface area (TPSA) is 244 Å². The molecular formula is C60H99N3O17. The van der Waals surface area contributed by atoms with E-state index in [1.165, 1.54) is 20.4 Å². The zero-order chi connectivity index (χ0) is 59.6. The van der Waals surface area contributed by atoms with E-state index in [0.717, 1.165) is 18.4 Å². The number of benzene rings is 1. The summed E-state index contributed by atoms with van der Waals surface area (Å²) in [6, 6.07) is 4.93. The van der Waals surface area contributed by atoms with Crippen LogP contribution in [0.4, 0.5) is 0 Å². The average Bonchev–Trinajstić information content (AvgIpc) is 3.41. The predicted molar refractivity (Wildman–Crippen MR) is 301 cm³/mol. The molecule has 20 nitrogen and oxygen atoms in total. The number of ether oxygens (including phenoxy) is 9. The first-order chi connectivity index (χ1) is 37.5. The van der Waals surface area contributed by atoms with Crippen LogP contribution in [0.1, 0.15) is 150 Å². The van der Waals surface area contributed by atoms with Crippen molar-refractivity contribution in [2.24, 2.45) is 17.8 Å². The number of carbonyl (C=O) groups is 3. The highest BCUT2D eigenvalue weighted by Crippen LogP contribution is 2.41. The van der Waals surface area contributed by atoms with Crippen LogP contribution in [0.5, 0.6) is 0 Å². The summed E-state index contributed by atoms with van der Waals surface area (Å²) >= 11 is 0. The fraction of sp³-hybridized carbons (Fsp3) is 0.800. The lowest BCUT2D eigenvalue weighted by atomic mass is 9.77. The van der Waals surface area contributed by atoms with Crippen molar-refractivity contribution in [2.75, 3.05) is 55.1 Å². The minimum atomic E-state index is -1.63. The summed E-state index contributed by atoms with van der Waals surface area (Å²) in [4.78, 5) is 56.8. The number of aryl methyl sites for hydroxylation is 2. The smallest absolute Gasteiger partial charge is 0.341 e. The minimum absolute atomic E-state index is 0.0800. The fourth-order valence-electron chi connectivity index (χ4n) is 12.7. The van der Waals surface area contributed by atoms with Gasteiger partial charge in [0.05, 0.1) is 41.5 Å². The summed E-state index contributed by atoms with van der Waals surface area (Å²) in [5.41, 5.74) is -3.46. The van der Waals surface area contributed by atoms with Gasteiger partial charge in [0.15, 0.2) is 18.7 Å². The van der Waals surface area contributed by atoms with Gasteiger partial charge in [-0.2, -0.15) is 0 Å². The van der Waals surface area contributed by atoms with Crippen LogP contribution in [0.2, 0.25) is 0 Å². The van der Waals surface area contributed by atoms with Gasteiger partial charge >= 0.3 is 17.9 Å². The number of aromatic nitrogens is 1. The summed E-state index contributed by atoms with van der Waals surface area (Å²) in [5, 5.41) is 46.8. The molecule has 3 aliphatic rings. The molecule has 5 rings (SSSR count). The van der Waals surface area contributed by atoms with Gasteiger partial charge in [0.25, 0.3) is 0 Å². The molecule has 0 unspecified atom stereocenters. The second-order valence-corrected chi connectivity index (χ2v) is 24.2. The number of carboxylic acid groups (broad SMARTS) is 1. The number of hydrogen-bond donors (Lipinski definition) is 4. The number of pyridine rings is 1. The van der Waals surface area contributed by atoms with E-state index >= 15 is 0 Å². The highest BCUT2D eigenvalue weighted by atomic mass is 16.7. The van der Waals surface area contributed by atoms with E-state index < -0.39 is 107 Å². The zero-order valence-corrected chi connectivity index (χ0v) is 50.8. The van der Waals surface area contributed by atoms with Gasteiger partial charge in [0.1, 0.15) is 35.1 Å². The number of carboxylic acids is 1. The Morgan fingerprint density at radius 1 is 0.887 bits per heavy atom. The number of likely N-dealkylation sites (N-methyl/N-ethyl adjacent to an activating group) is 2. The lowest BCUT2D eigenvalue weighted by Crippen LogP contribution is -2.61. The number of unbranched alkanes of at least 4 members (excludes halogenated alkanes) is 2. The summed E-state index contributed by atoms with van der Waals surface area (Å²) < 4.78 is 58.9. The largest absolute Gasteiger partial charge is 0.477 e. The molecular weight excluding hydrogens is 1030 g/mol. The van der Waals surface area contributed by atoms with Crippen molar-refractivity contribution in [2.45, 2.75) is 237 Å². The third-order valence-corrected chi connectivity index (χ3v) is 17.3. The second kappa shape index (κ2) is 29.2. The maximum absolute atomic E-state index is 14.7.